The number of benzene rings is 20. The number of hydrogen-bond donors (Lipinski definition) is 0. The number of fused-ring (bicyclic) bond motifs is 12. The monoisotopic (exact) mass is 1770 g/mol. The minimum absolute atomic E-state index is 1.09. The van der Waals surface area contributed by atoms with E-state index in [-0.39, 0.29) is 0 Å². The van der Waals surface area contributed by atoms with Crippen LogP contribution >= 0.6 is 22.7 Å². The second-order valence-electron chi connectivity index (χ2n) is 34.7. The molecule has 640 valence electrons. The minimum atomic E-state index is 1.09. The van der Waals surface area contributed by atoms with Crippen molar-refractivity contribution in [2.24, 2.45) is 0 Å². The van der Waals surface area contributed by atoms with Crippen LogP contribution in [0.2, 0.25) is 0 Å². The maximum atomic E-state index is 2.37. The summed E-state index contributed by atoms with van der Waals surface area (Å²) in [5.41, 5.74) is 35.2. The van der Waals surface area contributed by atoms with Crippen LogP contribution in [-0.2, 0) is 0 Å². The van der Waals surface area contributed by atoms with Crippen LogP contribution in [0.15, 0.2) is 522 Å². The zero-order chi connectivity index (χ0) is 89.9. The van der Waals surface area contributed by atoms with Crippen molar-refractivity contribution in [3.8, 4) is 109 Å². The molecule has 136 heavy (non-hydrogen) atoms. The average Bonchev–Trinajstić information content (AvgIpc) is 1.81. The fourth-order valence-corrected chi connectivity index (χ4v) is 22.2. The largest absolute Gasteiger partial charge is 0.311 e. The molecule has 0 saturated heterocycles. The van der Waals surface area contributed by atoms with E-state index in [1.807, 2.05) is 22.7 Å². The fraction of sp³-hybridized carbons (Fsp3) is 0. The molecule has 20 aromatic carbocycles. The van der Waals surface area contributed by atoms with E-state index in [4.69, 9.17) is 0 Å². The summed E-state index contributed by atoms with van der Waals surface area (Å²) in [6.45, 7) is 0. The lowest BCUT2D eigenvalue weighted by Gasteiger charge is -2.26. The average molecular weight is 1770 g/mol. The minimum Gasteiger partial charge on any atom is -0.311 e. The Kier molecular flexibility index (Phi) is 20.6. The van der Waals surface area contributed by atoms with Crippen LogP contribution in [0.25, 0.3) is 196 Å². The van der Waals surface area contributed by atoms with Gasteiger partial charge in [-0.2, -0.15) is 0 Å². The summed E-state index contributed by atoms with van der Waals surface area (Å²) < 4.78 is 9.48. The van der Waals surface area contributed by atoms with Crippen molar-refractivity contribution in [3.05, 3.63) is 522 Å². The molecule has 0 amide bonds. The predicted octanol–water partition coefficient (Wildman–Crippen LogP) is 36.2. The summed E-state index contributed by atoms with van der Waals surface area (Å²) in [6, 6.07) is 189. The van der Waals surface area contributed by atoms with Gasteiger partial charge in [0, 0.05) is 119 Å². The van der Waals surface area contributed by atoms with Crippen molar-refractivity contribution < 1.29 is 0 Å². The summed E-state index contributed by atoms with van der Waals surface area (Å²) in [7, 11) is 0. The second-order valence-corrected chi connectivity index (χ2v) is 36.9. The highest BCUT2D eigenvalue weighted by Gasteiger charge is 2.23. The van der Waals surface area contributed by atoms with Crippen LogP contribution in [0.3, 0.4) is 0 Å². The molecular weight excluding hydrogens is 1690 g/mol. The third kappa shape index (κ3) is 14.8. The molecule has 0 saturated carbocycles. The third-order valence-corrected chi connectivity index (χ3v) is 29.1. The Morgan fingerprint density at radius 3 is 0.559 bits per heavy atom. The molecule has 0 spiro atoms. The second kappa shape index (κ2) is 34.7. The quantitative estimate of drug-likeness (QED) is 0.0856. The number of hydrogen-bond acceptors (Lipinski definition) is 4. The first-order valence-electron chi connectivity index (χ1n) is 46.3. The van der Waals surface area contributed by atoms with E-state index < -0.39 is 0 Å². The molecule has 0 unspecified atom stereocenters. The fourth-order valence-electron chi connectivity index (χ4n) is 20.2. The van der Waals surface area contributed by atoms with Crippen molar-refractivity contribution in [2.45, 2.75) is 0 Å². The van der Waals surface area contributed by atoms with Crippen molar-refractivity contribution >= 4 is 144 Å². The van der Waals surface area contributed by atoms with Crippen LogP contribution in [0.4, 0.5) is 34.1 Å². The van der Waals surface area contributed by atoms with Crippen molar-refractivity contribution in [1.82, 2.24) is 18.3 Å². The molecule has 0 atom stereocenters. The van der Waals surface area contributed by atoms with E-state index in [1.54, 1.807) is 0 Å². The Bertz CT molecular complexity index is 8370. The molecular formula is C128H86N6S2. The van der Waals surface area contributed by atoms with Crippen molar-refractivity contribution in [3.63, 3.8) is 0 Å². The number of anilines is 6. The zero-order valence-electron chi connectivity index (χ0n) is 74.2. The van der Waals surface area contributed by atoms with Gasteiger partial charge < -0.3 is 28.1 Å². The van der Waals surface area contributed by atoms with E-state index in [0.29, 0.717) is 0 Å². The first kappa shape index (κ1) is 80.7. The molecule has 0 aliphatic heterocycles. The predicted molar refractivity (Wildman–Crippen MR) is 579 cm³/mol. The van der Waals surface area contributed by atoms with Crippen LogP contribution in [-0.4, -0.2) is 18.3 Å². The standard InChI is InChI=1S/2C64H43N3S/c1-4-14-46(15-5-1)63-40-41-64(68-63)47-28-36-54(37-29-47)65(52-32-24-44(25-33-52)48-30-38-61-57(42-48)55-20-10-12-22-59(55)66(61)50-16-6-2-7-17-50)53-34-26-45(27-35-53)49-31-39-62-58(43-49)56-21-11-13-23-60(56)67(62)51-18-8-3-9-19-51;1-2-12-48(13-3-1)63-42-43-64(68-63)49-30-40-52(41-31-49)65(50-32-22-44(23-33-50)46-26-36-53(37-27-46)66-59-18-8-4-14-55(59)56-15-5-9-19-60(56)66)51-34-24-45(25-35-51)47-28-38-54(39-29-47)67-61-20-10-6-16-57(61)58-17-7-11-21-62(58)67/h2*1-43H. The van der Waals surface area contributed by atoms with Gasteiger partial charge >= 0.3 is 0 Å². The summed E-state index contributed by atoms with van der Waals surface area (Å²) in [4.78, 5) is 9.78. The molecule has 6 heterocycles. The van der Waals surface area contributed by atoms with E-state index in [1.165, 1.54) is 173 Å². The van der Waals surface area contributed by atoms with Gasteiger partial charge in [-0.15, -0.1) is 22.7 Å². The molecule has 26 aromatic rings. The van der Waals surface area contributed by atoms with E-state index in [2.05, 4.69) is 550 Å². The highest BCUT2D eigenvalue weighted by molar-refractivity contribution is 7.19. The van der Waals surface area contributed by atoms with Gasteiger partial charge in [-0.25, -0.2) is 0 Å². The zero-order valence-corrected chi connectivity index (χ0v) is 75.8. The van der Waals surface area contributed by atoms with Gasteiger partial charge in [-0.05, 0) is 273 Å². The number of nitrogens with zero attached hydrogens (tertiary/aromatic N) is 6. The van der Waals surface area contributed by atoms with Gasteiger partial charge in [0.1, 0.15) is 0 Å². The summed E-state index contributed by atoms with van der Waals surface area (Å²) in [5, 5.41) is 10.1. The van der Waals surface area contributed by atoms with Crippen LogP contribution < -0.4 is 9.80 Å². The van der Waals surface area contributed by atoms with Gasteiger partial charge in [0.2, 0.25) is 0 Å². The number of rotatable bonds is 18. The van der Waals surface area contributed by atoms with Crippen LogP contribution in [0.1, 0.15) is 0 Å². The molecule has 0 fully saturated rings. The van der Waals surface area contributed by atoms with Crippen LogP contribution in [0, 0.1) is 0 Å². The van der Waals surface area contributed by atoms with Gasteiger partial charge in [0.25, 0.3) is 0 Å². The lowest BCUT2D eigenvalue weighted by molar-refractivity contribution is 1.18. The first-order valence-corrected chi connectivity index (χ1v) is 47.9. The summed E-state index contributed by atoms with van der Waals surface area (Å²) in [6.07, 6.45) is 0. The normalized spacial score (nSPS) is 11.5. The lowest BCUT2D eigenvalue weighted by Crippen LogP contribution is -2.09. The molecule has 8 heteroatoms. The topological polar surface area (TPSA) is 26.2 Å². The highest BCUT2D eigenvalue weighted by atomic mass is 32.1. The smallest absolute Gasteiger partial charge is 0.0541 e. The summed E-state index contributed by atoms with van der Waals surface area (Å²) in [5.74, 6) is 0. The lowest BCUT2D eigenvalue weighted by atomic mass is 10.0. The van der Waals surface area contributed by atoms with Crippen molar-refractivity contribution in [1.29, 1.82) is 0 Å². The Labute approximate surface area is 796 Å². The Morgan fingerprint density at radius 1 is 0.125 bits per heavy atom. The van der Waals surface area contributed by atoms with Gasteiger partial charge in [0.15, 0.2) is 0 Å². The third-order valence-electron chi connectivity index (χ3n) is 26.8. The summed E-state index contributed by atoms with van der Waals surface area (Å²) >= 11 is 3.66. The Balaban J connectivity index is 0.000000145. The van der Waals surface area contributed by atoms with Crippen LogP contribution in [0.5, 0.6) is 0 Å². The molecule has 0 radical (unpaired) electrons. The molecule has 6 nitrogen and oxygen atoms in total. The van der Waals surface area contributed by atoms with Gasteiger partial charge in [-0.1, -0.05) is 315 Å². The molecule has 0 aliphatic carbocycles. The van der Waals surface area contributed by atoms with Gasteiger partial charge in [0.05, 0.1) is 44.1 Å². The maximum absolute atomic E-state index is 2.37. The first-order chi connectivity index (χ1) is 67.4. The van der Waals surface area contributed by atoms with E-state index >= 15 is 0 Å². The number of para-hydroxylation sites is 8. The number of thiophene rings is 2. The molecule has 0 N–H and O–H groups in total. The SMILES string of the molecule is c1ccc(-c2ccc(-c3ccc(N(c4ccc(-c5ccc(-n6c7ccccc7c7ccccc76)cc5)cc4)c4ccc(-c5ccc(-n6c7ccccc7c7ccccc76)cc5)cc4)cc3)s2)cc1.c1ccc(-c2ccc(-c3ccc(N(c4ccc(-c5ccc6c(c5)c5ccccc5n6-c5ccccc5)cc4)c4ccc(-c5ccc6c(c5)c5ccccc5n6-c5ccccc5)cc4)cc3)s2)cc1. The Morgan fingerprint density at radius 2 is 0.301 bits per heavy atom. The Hall–Kier alpha value is -17.4. The highest BCUT2D eigenvalue weighted by Crippen LogP contribution is 2.47. The maximum Gasteiger partial charge on any atom is 0.0541 e. The van der Waals surface area contributed by atoms with Gasteiger partial charge in [-0.3, -0.25) is 0 Å². The molecule has 0 bridgehead atoms. The van der Waals surface area contributed by atoms with E-state index in [0.717, 1.165) is 56.9 Å². The molecule has 6 aromatic heterocycles. The van der Waals surface area contributed by atoms with Crippen molar-refractivity contribution in [2.75, 3.05) is 9.80 Å². The number of aromatic nitrogens is 4. The molecule has 26 rings (SSSR count). The van der Waals surface area contributed by atoms with E-state index in [9.17, 15) is 0 Å². The molecule has 0 aliphatic rings.